The Hall–Kier alpha value is -3.85. The molecule has 2 amide bonds. The number of rotatable bonds is 4. The molecule has 154 valence electrons. The SMILES string of the molecule is O=C(NNC(=O)c1cc(F)ccc1Br)c1nc(-c2ccccc2)n(-c2ccccc2)n1. The third-order valence-corrected chi connectivity index (χ3v) is 5.00. The quantitative estimate of drug-likeness (QED) is 0.434. The van der Waals surface area contributed by atoms with Crippen LogP contribution in [0.15, 0.2) is 83.3 Å². The Morgan fingerprint density at radius 3 is 2.23 bits per heavy atom. The summed E-state index contributed by atoms with van der Waals surface area (Å²) < 4.78 is 15.4. The van der Waals surface area contributed by atoms with E-state index in [0.717, 1.165) is 17.3 Å². The van der Waals surface area contributed by atoms with Crippen molar-refractivity contribution in [3.8, 4) is 17.1 Å². The second-order valence-corrected chi connectivity index (χ2v) is 7.26. The lowest BCUT2D eigenvalue weighted by Gasteiger charge is -2.07. The van der Waals surface area contributed by atoms with Gasteiger partial charge in [0.25, 0.3) is 5.91 Å². The van der Waals surface area contributed by atoms with Crippen LogP contribution in [0.3, 0.4) is 0 Å². The largest absolute Gasteiger partial charge is 0.309 e. The highest BCUT2D eigenvalue weighted by Crippen LogP contribution is 2.21. The van der Waals surface area contributed by atoms with E-state index in [1.54, 1.807) is 4.68 Å². The molecule has 0 aliphatic carbocycles. The van der Waals surface area contributed by atoms with Crippen LogP contribution in [0.4, 0.5) is 4.39 Å². The number of carbonyl (C=O) groups excluding carboxylic acids is 2. The monoisotopic (exact) mass is 479 g/mol. The fourth-order valence-corrected chi connectivity index (χ4v) is 3.27. The van der Waals surface area contributed by atoms with Gasteiger partial charge in [-0.3, -0.25) is 20.4 Å². The lowest BCUT2D eigenvalue weighted by atomic mass is 10.2. The first-order valence-electron chi connectivity index (χ1n) is 9.16. The summed E-state index contributed by atoms with van der Waals surface area (Å²) in [6.45, 7) is 0. The molecule has 4 aromatic rings. The summed E-state index contributed by atoms with van der Waals surface area (Å²) in [6, 6.07) is 22.2. The molecular formula is C22H15BrFN5O2. The zero-order valence-corrected chi connectivity index (χ0v) is 17.5. The van der Waals surface area contributed by atoms with E-state index in [1.165, 1.54) is 12.1 Å². The number of benzene rings is 3. The van der Waals surface area contributed by atoms with Gasteiger partial charge in [0.2, 0.25) is 5.82 Å². The highest BCUT2D eigenvalue weighted by Gasteiger charge is 2.20. The topological polar surface area (TPSA) is 88.9 Å². The minimum Gasteiger partial charge on any atom is -0.267 e. The number of halogens is 2. The number of carbonyl (C=O) groups is 2. The fraction of sp³-hybridized carbons (Fsp3) is 0. The average molecular weight is 480 g/mol. The molecule has 31 heavy (non-hydrogen) atoms. The molecular weight excluding hydrogens is 465 g/mol. The van der Waals surface area contributed by atoms with Crippen LogP contribution < -0.4 is 10.9 Å². The van der Waals surface area contributed by atoms with Crippen LogP contribution in [0, 0.1) is 5.82 Å². The summed E-state index contributed by atoms with van der Waals surface area (Å²) >= 11 is 3.18. The normalized spacial score (nSPS) is 10.5. The van der Waals surface area contributed by atoms with E-state index in [0.29, 0.717) is 10.3 Å². The maximum absolute atomic E-state index is 13.4. The highest BCUT2D eigenvalue weighted by atomic mass is 79.9. The summed E-state index contributed by atoms with van der Waals surface area (Å²) in [5.74, 6) is -1.65. The van der Waals surface area contributed by atoms with Gasteiger partial charge in [0.05, 0.1) is 11.3 Å². The van der Waals surface area contributed by atoms with E-state index < -0.39 is 17.6 Å². The van der Waals surface area contributed by atoms with Gasteiger partial charge in [-0.1, -0.05) is 48.5 Å². The van der Waals surface area contributed by atoms with Gasteiger partial charge in [0.15, 0.2) is 5.82 Å². The number of para-hydroxylation sites is 1. The maximum atomic E-state index is 13.4. The molecule has 0 spiro atoms. The first-order chi connectivity index (χ1) is 15.0. The van der Waals surface area contributed by atoms with Gasteiger partial charge >= 0.3 is 5.91 Å². The first-order valence-corrected chi connectivity index (χ1v) is 9.96. The molecule has 2 N–H and O–H groups in total. The smallest absolute Gasteiger partial charge is 0.267 e. The van der Waals surface area contributed by atoms with Crippen molar-refractivity contribution in [1.82, 2.24) is 25.6 Å². The molecule has 1 aromatic heterocycles. The molecule has 0 aliphatic rings. The van der Waals surface area contributed by atoms with Crippen LogP contribution in [-0.4, -0.2) is 26.6 Å². The van der Waals surface area contributed by atoms with Crippen molar-refractivity contribution in [1.29, 1.82) is 0 Å². The molecule has 4 rings (SSSR count). The van der Waals surface area contributed by atoms with Gasteiger partial charge in [-0.2, -0.15) is 0 Å². The molecule has 0 atom stereocenters. The zero-order valence-electron chi connectivity index (χ0n) is 15.9. The Bertz CT molecular complexity index is 1190. The van der Waals surface area contributed by atoms with E-state index in [2.05, 4.69) is 36.9 Å². The molecule has 7 nitrogen and oxygen atoms in total. The molecule has 3 aromatic carbocycles. The predicted molar refractivity (Wildman–Crippen MR) is 116 cm³/mol. The summed E-state index contributed by atoms with van der Waals surface area (Å²) in [5.41, 5.74) is 6.04. The minimum atomic E-state index is -0.715. The van der Waals surface area contributed by atoms with Crippen molar-refractivity contribution < 1.29 is 14.0 Å². The lowest BCUT2D eigenvalue weighted by molar-refractivity contribution is 0.0840. The molecule has 0 saturated carbocycles. The van der Waals surface area contributed by atoms with Crippen molar-refractivity contribution in [3.05, 3.63) is 101 Å². The van der Waals surface area contributed by atoms with E-state index in [9.17, 15) is 14.0 Å². The van der Waals surface area contributed by atoms with Gasteiger partial charge in [-0.15, -0.1) is 5.10 Å². The van der Waals surface area contributed by atoms with Crippen LogP contribution in [0.1, 0.15) is 21.0 Å². The van der Waals surface area contributed by atoms with E-state index in [-0.39, 0.29) is 11.4 Å². The number of hydrogen-bond acceptors (Lipinski definition) is 4. The Morgan fingerprint density at radius 1 is 0.871 bits per heavy atom. The number of nitrogens with one attached hydrogen (secondary N) is 2. The molecule has 0 fully saturated rings. The van der Waals surface area contributed by atoms with Gasteiger partial charge in [0.1, 0.15) is 5.82 Å². The molecule has 0 unspecified atom stereocenters. The van der Waals surface area contributed by atoms with Gasteiger partial charge in [-0.05, 0) is 46.3 Å². The number of aromatic nitrogens is 3. The molecule has 9 heteroatoms. The molecule has 0 saturated heterocycles. The number of amides is 2. The number of hydrogen-bond donors (Lipinski definition) is 2. The Balaban J connectivity index is 1.59. The van der Waals surface area contributed by atoms with Crippen LogP contribution in [0.2, 0.25) is 0 Å². The molecule has 1 heterocycles. The second kappa shape index (κ2) is 8.88. The highest BCUT2D eigenvalue weighted by molar-refractivity contribution is 9.10. The predicted octanol–water partition coefficient (Wildman–Crippen LogP) is 3.91. The van der Waals surface area contributed by atoms with E-state index in [1.807, 2.05) is 60.7 Å². The second-order valence-electron chi connectivity index (χ2n) is 6.40. The van der Waals surface area contributed by atoms with Crippen LogP contribution >= 0.6 is 15.9 Å². The standard InChI is InChI=1S/C22H15BrFN5O2/c23-18-12-11-15(24)13-17(18)21(30)26-27-22(31)19-25-20(14-7-3-1-4-8-14)29(28-19)16-9-5-2-6-10-16/h1-13H,(H,26,30)(H,27,31). The van der Waals surface area contributed by atoms with Crippen LogP contribution in [0.5, 0.6) is 0 Å². The third-order valence-electron chi connectivity index (χ3n) is 4.31. The van der Waals surface area contributed by atoms with Crippen molar-refractivity contribution in [2.75, 3.05) is 0 Å². The van der Waals surface area contributed by atoms with Crippen molar-refractivity contribution >= 4 is 27.7 Å². The molecule has 0 radical (unpaired) electrons. The van der Waals surface area contributed by atoms with Crippen LogP contribution in [-0.2, 0) is 0 Å². The van der Waals surface area contributed by atoms with Crippen molar-refractivity contribution in [3.63, 3.8) is 0 Å². The summed E-state index contributed by atoms with van der Waals surface area (Å²) in [5, 5.41) is 4.31. The summed E-state index contributed by atoms with van der Waals surface area (Å²) in [4.78, 5) is 29.3. The maximum Gasteiger partial charge on any atom is 0.309 e. The Kier molecular flexibility index (Phi) is 5.85. The van der Waals surface area contributed by atoms with Gasteiger partial charge in [-0.25, -0.2) is 14.1 Å². The average Bonchev–Trinajstić information content (AvgIpc) is 3.26. The van der Waals surface area contributed by atoms with Crippen LogP contribution in [0.25, 0.3) is 17.1 Å². The third kappa shape index (κ3) is 4.51. The first kappa shape index (κ1) is 20.4. The molecule has 0 bridgehead atoms. The van der Waals surface area contributed by atoms with Gasteiger partial charge < -0.3 is 0 Å². The summed E-state index contributed by atoms with van der Waals surface area (Å²) in [7, 11) is 0. The zero-order chi connectivity index (χ0) is 21.8. The number of hydrazine groups is 1. The fourth-order valence-electron chi connectivity index (χ4n) is 2.84. The van der Waals surface area contributed by atoms with Crippen molar-refractivity contribution in [2.24, 2.45) is 0 Å². The Morgan fingerprint density at radius 2 is 1.52 bits per heavy atom. The lowest BCUT2D eigenvalue weighted by Crippen LogP contribution is -2.42. The molecule has 0 aliphatic heterocycles. The summed E-state index contributed by atoms with van der Waals surface area (Å²) in [6.07, 6.45) is 0. The van der Waals surface area contributed by atoms with E-state index in [4.69, 9.17) is 0 Å². The van der Waals surface area contributed by atoms with E-state index >= 15 is 0 Å². The minimum absolute atomic E-state index is 0.0352. The van der Waals surface area contributed by atoms with Crippen molar-refractivity contribution in [2.45, 2.75) is 0 Å². The van der Waals surface area contributed by atoms with Gasteiger partial charge in [0, 0.05) is 10.0 Å². The Labute approximate surface area is 185 Å². The number of nitrogens with zero attached hydrogens (tertiary/aromatic N) is 3.